The minimum absolute atomic E-state index is 0.116. The summed E-state index contributed by atoms with van der Waals surface area (Å²) in [5, 5.41) is 12.5. The summed E-state index contributed by atoms with van der Waals surface area (Å²) in [5.41, 5.74) is 2.07. The van der Waals surface area contributed by atoms with E-state index in [-0.39, 0.29) is 11.6 Å². The lowest BCUT2D eigenvalue weighted by atomic mass is 9.93. The van der Waals surface area contributed by atoms with Gasteiger partial charge in [0.15, 0.2) is 0 Å². The number of hydrogen-bond donors (Lipinski definition) is 2. The minimum Gasteiger partial charge on any atom is -0.495 e. The van der Waals surface area contributed by atoms with Crippen molar-refractivity contribution in [3.8, 4) is 5.75 Å². The van der Waals surface area contributed by atoms with Crippen molar-refractivity contribution in [2.75, 3.05) is 12.4 Å². The number of benzene rings is 1. The van der Waals surface area contributed by atoms with Crippen LogP contribution in [-0.4, -0.2) is 18.2 Å². The van der Waals surface area contributed by atoms with E-state index in [2.05, 4.69) is 5.32 Å². The van der Waals surface area contributed by atoms with E-state index in [4.69, 9.17) is 14.3 Å². The summed E-state index contributed by atoms with van der Waals surface area (Å²) < 4.78 is 10.8. The van der Waals surface area contributed by atoms with Gasteiger partial charge in [0, 0.05) is 12.0 Å². The van der Waals surface area contributed by atoms with Crippen molar-refractivity contribution in [1.82, 2.24) is 0 Å². The van der Waals surface area contributed by atoms with E-state index in [0.717, 1.165) is 30.6 Å². The fraction of sp³-hybridized carbons (Fsp3) is 0.312. The zero-order valence-electron chi connectivity index (χ0n) is 11.8. The number of furan rings is 1. The van der Waals surface area contributed by atoms with Gasteiger partial charge in [0.1, 0.15) is 11.5 Å². The first-order chi connectivity index (χ1) is 10.2. The second-order valence-corrected chi connectivity index (χ2v) is 5.11. The van der Waals surface area contributed by atoms with Crippen LogP contribution in [0.15, 0.2) is 34.9 Å². The Bertz CT molecular complexity index is 662. The zero-order valence-corrected chi connectivity index (χ0v) is 11.8. The highest BCUT2D eigenvalue weighted by Gasteiger charge is 2.23. The number of carboxylic acids is 1. The molecule has 2 N–H and O–H groups in total. The lowest BCUT2D eigenvalue weighted by molar-refractivity contribution is 0.0697. The Morgan fingerprint density at radius 2 is 2.29 bits per heavy atom. The van der Waals surface area contributed by atoms with Crippen molar-refractivity contribution in [1.29, 1.82) is 0 Å². The molecule has 5 heteroatoms. The number of aromatic carboxylic acids is 1. The maximum absolute atomic E-state index is 11.1. The number of anilines is 1. The number of aryl methyl sites for hydroxylation is 1. The molecule has 0 amide bonds. The molecule has 1 unspecified atom stereocenters. The fourth-order valence-electron chi connectivity index (χ4n) is 2.78. The molecule has 0 radical (unpaired) electrons. The number of ether oxygens (including phenoxy) is 1. The predicted octanol–water partition coefficient (Wildman–Crippen LogP) is 3.48. The van der Waals surface area contributed by atoms with Crippen LogP contribution in [-0.2, 0) is 6.42 Å². The third-order valence-corrected chi connectivity index (χ3v) is 3.83. The van der Waals surface area contributed by atoms with Gasteiger partial charge in [0.2, 0.25) is 0 Å². The van der Waals surface area contributed by atoms with Crippen LogP contribution in [0.3, 0.4) is 0 Å². The van der Waals surface area contributed by atoms with E-state index in [1.165, 1.54) is 6.07 Å². The van der Waals surface area contributed by atoms with Gasteiger partial charge in [-0.1, -0.05) is 0 Å². The zero-order chi connectivity index (χ0) is 14.8. The molecule has 0 fully saturated rings. The molecule has 0 spiro atoms. The second kappa shape index (κ2) is 5.52. The predicted molar refractivity (Wildman–Crippen MR) is 78.0 cm³/mol. The normalized spacial score (nSPS) is 17.1. The van der Waals surface area contributed by atoms with Gasteiger partial charge in [0.25, 0.3) is 0 Å². The molecule has 1 aliphatic carbocycles. The Kier molecular flexibility index (Phi) is 3.56. The summed E-state index contributed by atoms with van der Waals surface area (Å²) in [5.74, 6) is 0.691. The summed E-state index contributed by atoms with van der Waals surface area (Å²) in [7, 11) is 1.57. The van der Waals surface area contributed by atoms with Gasteiger partial charge < -0.3 is 19.6 Å². The molecule has 1 heterocycles. The molecule has 1 aromatic carbocycles. The molecule has 1 aliphatic rings. The smallest absolute Gasteiger partial charge is 0.335 e. The monoisotopic (exact) mass is 287 g/mol. The maximum Gasteiger partial charge on any atom is 0.335 e. The first-order valence-corrected chi connectivity index (χ1v) is 6.93. The summed E-state index contributed by atoms with van der Waals surface area (Å²) in [6.45, 7) is 0. The Morgan fingerprint density at radius 3 is 3.05 bits per heavy atom. The average molecular weight is 287 g/mol. The lowest BCUT2D eigenvalue weighted by Gasteiger charge is -2.24. The van der Waals surface area contributed by atoms with E-state index in [9.17, 15) is 4.79 Å². The van der Waals surface area contributed by atoms with Crippen molar-refractivity contribution in [2.45, 2.75) is 25.3 Å². The first kappa shape index (κ1) is 13.5. The standard InChI is InChI=1S/C16H17NO4/c1-20-15-6-5-10(16(18)19)9-13(15)17-12-3-2-4-14-11(12)7-8-21-14/h5-9,12,17H,2-4H2,1H3,(H,18,19). The lowest BCUT2D eigenvalue weighted by Crippen LogP contribution is -2.16. The van der Waals surface area contributed by atoms with Crippen molar-refractivity contribution in [3.63, 3.8) is 0 Å². The molecule has 3 rings (SSSR count). The highest BCUT2D eigenvalue weighted by Crippen LogP contribution is 2.36. The number of carboxylic acid groups (broad SMARTS) is 1. The molecule has 0 saturated carbocycles. The summed E-state index contributed by atoms with van der Waals surface area (Å²) in [6, 6.07) is 6.90. The van der Waals surface area contributed by atoms with Crippen LogP contribution in [0.2, 0.25) is 0 Å². The van der Waals surface area contributed by atoms with Gasteiger partial charge in [-0.05, 0) is 37.1 Å². The Hall–Kier alpha value is -2.43. The topological polar surface area (TPSA) is 71.7 Å². The number of hydrogen-bond acceptors (Lipinski definition) is 4. The molecule has 110 valence electrons. The molecular weight excluding hydrogens is 270 g/mol. The van der Waals surface area contributed by atoms with Gasteiger partial charge in [-0.15, -0.1) is 0 Å². The first-order valence-electron chi connectivity index (χ1n) is 6.93. The van der Waals surface area contributed by atoms with Gasteiger partial charge in [0.05, 0.1) is 30.7 Å². The summed E-state index contributed by atoms with van der Waals surface area (Å²) >= 11 is 0. The SMILES string of the molecule is COc1ccc(C(=O)O)cc1NC1CCCc2occc21. The van der Waals surface area contributed by atoms with Crippen LogP contribution in [0.1, 0.15) is 40.6 Å². The third kappa shape index (κ3) is 2.59. The number of fused-ring (bicyclic) bond motifs is 1. The largest absolute Gasteiger partial charge is 0.495 e. The molecule has 2 aromatic rings. The maximum atomic E-state index is 11.1. The van der Waals surface area contributed by atoms with Crippen LogP contribution in [0.25, 0.3) is 0 Å². The molecule has 1 atom stereocenters. The minimum atomic E-state index is -0.951. The van der Waals surface area contributed by atoms with E-state index < -0.39 is 5.97 Å². The molecule has 0 saturated heterocycles. The third-order valence-electron chi connectivity index (χ3n) is 3.83. The second-order valence-electron chi connectivity index (χ2n) is 5.11. The number of nitrogens with one attached hydrogen (secondary N) is 1. The van der Waals surface area contributed by atoms with Crippen molar-refractivity contribution < 1.29 is 19.1 Å². The summed E-state index contributed by atoms with van der Waals surface area (Å²) in [6.07, 6.45) is 4.68. The van der Waals surface area contributed by atoms with Crippen LogP contribution >= 0.6 is 0 Å². The van der Waals surface area contributed by atoms with Crippen molar-refractivity contribution >= 4 is 11.7 Å². The van der Waals surface area contributed by atoms with Crippen LogP contribution < -0.4 is 10.1 Å². The molecular formula is C16H17NO4. The van der Waals surface area contributed by atoms with Crippen LogP contribution in [0, 0.1) is 0 Å². The van der Waals surface area contributed by atoms with Crippen LogP contribution in [0.5, 0.6) is 5.75 Å². The number of rotatable bonds is 4. The number of carbonyl (C=O) groups is 1. The summed E-state index contributed by atoms with van der Waals surface area (Å²) in [4.78, 5) is 11.1. The molecule has 21 heavy (non-hydrogen) atoms. The molecule has 0 aliphatic heterocycles. The number of methoxy groups -OCH3 is 1. The van der Waals surface area contributed by atoms with Gasteiger partial charge in [-0.25, -0.2) is 4.79 Å². The molecule has 1 aromatic heterocycles. The Balaban J connectivity index is 1.91. The molecule has 5 nitrogen and oxygen atoms in total. The van der Waals surface area contributed by atoms with Gasteiger partial charge in [-0.2, -0.15) is 0 Å². The van der Waals surface area contributed by atoms with Gasteiger partial charge in [-0.3, -0.25) is 0 Å². The highest BCUT2D eigenvalue weighted by molar-refractivity contribution is 5.89. The van der Waals surface area contributed by atoms with Crippen LogP contribution in [0.4, 0.5) is 5.69 Å². The highest BCUT2D eigenvalue weighted by atomic mass is 16.5. The Morgan fingerprint density at radius 1 is 1.43 bits per heavy atom. The quantitative estimate of drug-likeness (QED) is 0.900. The van der Waals surface area contributed by atoms with Crippen molar-refractivity contribution in [3.05, 3.63) is 47.4 Å². The van der Waals surface area contributed by atoms with Gasteiger partial charge >= 0.3 is 5.97 Å². The fourth-order valence-corrected chi connectivity index (χ4v) is 2.78. The van der Waals surface area contributed by atoms with Crippen molar-refractivity contribution in [2.24, 2.45) is 0 Å². The van der Waals surface area contributed by atoms with E-state index in [0.29, 0.717) is 11.4 Å². The van der Waals surface area contributed by atoms with E-state index >= 15 is 0 Å². The molecule has 0 bridgehead atoms. The van der Waals surface area contributed by atoms with E-state index in [1.54, 1.807) is 25.5 Å². The Labute approximate surface area is 122 Å². The average Bonchev–Trinajstić information content (AvgIpc) is 2.96. The van der Waals surface area contributed by atoms with E-state index in [1.807, 2.05) is 6.07 Å².